The van der Waals surface area contributed by atoms with Gasteiger partial charge in [0.15, 0.2) is 0 Å². The summed E-state index contributed by atoms with van der Waals surface area (Å²) in [4.78, 5) is 8.28. The van der Waals surface area contributed by atoms with Crippen molar-refractivity contribution in [3.8, 4) is 0 Å². The van der Waals surface area contributed by atoms with E-state index >= 15 is 0 Å². The molecule has 3 aromatic rings. The van der Waals surface area contributed by atoms with Gasteiger partial charge >= 0.3 is 0 Å². The Morgan fingerprint density at radius 3 is 2.58 bits per heavy atom. The van der Waals surface area contributed by atoms with Crippen LogP contribution in [0, 0.1) is 11.6 Å². The Balaban J connectivity index is 1.55. The summed E-state index contributed by atoms with van der Waals surface area (Å²) in [5.74, 6) is -1.47. The molecule has 1 aliphatic rings. The van der Waals surface area contributed by atoms with E-state index in [-0.39, 0.29) is 18.2 Å². The molecule has 6 nitrogen and oxygen atoms in total. The number of hydrogen-bond acceptors (Lipinski definition) is 5. The molecule has 1 saturated heterocycles. The summed E-state index contributed by atoms with van der Waals surface area (Å²) < 4.78 is 29.9. The van der Waals surface area contributed by atoms with Crippen molar-refractivity contribution in [3.05, 3.63) is 77.3 Å². The molecule has 0 unspecified atom stereocenters. The number of halogens is 3. The zero-order valence-corrected chi connectivity index (χ0v) is 19.5. The third-order valence-corrected chi connectivity index (χ3v) is 7.12. The fourth-order valence-corrected chi connectivity index (χ4v) is 4.97. The molecule has 0 bridgehead atoms. The highest BCUT2D eigenvalue weighted by molar-refractivity contribution is 6.33. The number of aliphatic hydroxyl groups is 1. The second-order valence-corrected chi connectivity index (χ2v) is 9.06. The Labute approximate surface area is 197 Å². The third-order valence-electron chi connectivity index (χ3n) is 6.80. The van der Waals surface area contributed by atoms with E-state index in [0.717, 1.165) is 42.7 Å². The zero-order valence-electron chi connectivity index (χ0n) is 18.7. The lowest BCUT2D eigenvalue weighted by Gasteiger charge is -2.45. The molecule has 33 heavy (non-hydrogen) atoms. The smallest absolute Gasteiger partial charge is 0.137 e. The molecule has 176 valence electrons. The summed E-state index contributed by atoms with van der Waals surface area (Å²) in [5, 5.41) is 16.7. The number of nitrogens with zero attached hydrogens (tertiary/aromatic N) is 5. The van der Waals surface area contributed by atoms with E-state index in [0.29, 0.717) is 0 Å². The summed E-state index contributed by atoms with van der Waals surface area (Å²) in [6, 6.07) is 10.8. The van der Waals surface area contributed by atoms with Crippen molar-refractivity contribution in [1.82, 2.24) is 19.7 Å². The average Bonchev–Trinajstić information content (AvgIpc) is 3.31. The molecule has 1 fully saturated rings. The Kier molecular flexibility index (Phi) is 6.97. The van der Waals surface area contributed by atoms with Crippen LogP contribution in [0.1, 0.15) is 25.3 Å². The molecule has 4 rings (SSSR count). The van der Waals surface area contributed by atoms with Gasteiger partial charge in [-0.2, -0.15) is 5.10 Å². The van der Waals surface area contributed by atoms with Crippen LogP contribution >= 0.6 is 11.6 Å². The Hall–Kier alpha value is -2.55. The highest BCUT2D eigenvalue weighted by atomic mass is 35.5. The van der Waals surface area contributed by atoms with Gasteiger partial charge in [0.1, 0.15) is 29.9 Å². The van der Waals surface area contributed by atoms with Gasteiger partial charge in [0.2, 0.25) is 0 Å². The number of aromatic nitrogens is 3. The van der Waals surface area contributed by atoms with Crippen LogP contribution in [-0.2, 0) is 12.1 Å². The van der Waals surface area contributed by atoms with E-state index in [1.165, 1.54) is 29.5 Å². The summed E-state index contributed by atoms with van der Waals surface area (Å²) in [6.45, 7) is 3.48. The number of rotatable bonds is 7. The molecule has 0 spiro atoms. The Morgan fingerprint density at radius 1 is 1.21 bits per heavy atom. The minimum Gasteiger partial charge on any atom is -0.381 e. The van der Waals surface area contributed by atoms with Crippen molar-refractivity contribution in [3.63, 3.8) is 0 Å². The molecule has 0 saturated carbocycles. The fraction of sp³-hybridized carbons (Fsp3) is 0.417. The van der Waals surface area contributed by atoms with Gasteiger partial charge in [-0.25, -0.2) is 18.4 Å². The van der Waals surface area contributed by atoms with Crippen LogP contribution in [0.3, 0.4) is 0 Å². The highest BCUT2D eigenvalue weighted by Crippen LogP contribution is 2.35. The normalized spacial score (nSPS) is 17.8. The standard InChI is InChI=1S/C24H28ClF2N5O/c1-17(30(2)19-9-11-31(12-10-19)23-6-4-3-5-21(23)25)24(33,14-32-16-28-15-29-32)20-8-7-18(26)13-22(20)27/h3-8,13,15-17,19,33H,9-12,14H2,1-2H3/t17-,24-/m1/s1. The maximum absolute atomic E-state index is 14.8. The molecule has 2 atom stereocenters. The van der Waals surface area contributed by atoms with Gasteiger partial charge in [0.25, 0.3) is 0 Å². The van der Waals surface area contributed by atoms with Gasteiger partial charge in [0.05, 0.1) is 17.3 Å². The molecule has 1 aromatic heterocycles. The topological polar surface area (TPSA) is 57.4 Å². The maximum Gasteiger partial charge on any atom is 0.137 e. The van der Waals surface area contributed by atoms with Gasteiger partial charge in [-0.05, 0) is 45.0 Å². The molecule has 1 N–H and O–H groups in total. The number of anilines is 1. The molecule has 1 aliphatic heterocycles. The van der Waals surface area contributed by atoms with Crippen LogP contribution in [0.25, 0.3) is 0 Å². The number of hydrogen-bond donors (Lipinski definition) is 1. The number of likely N-dealkylation sites (N-methyl/N-ethyl adjacent to an activating group) is 1. The minimum absolute atomic E-state index is 0.0144. The molecule has 0 aliphatic carbocycles. The van der Waals surface area contributed by atoms with Crippen molar-refractivity contribution in [2.75, 3.05) is 25.0 Å². The first kappa shape index (κ1) is 23.6. The van der Waals surface area contributed by atoms with E-state index in [1.807, 2.05) is 38.2 Å². The number of benzene rings is 2. The van der Waals surface area contributed by atoms with Crippen LogP contribution in [0.5, 0.6) is 0 Å². The van der Waals surface area contributed by atoms with E-state index in [4.69, 9.17) is 11.6 Å². The average molecular weight is 476 g/mol. The van der Waals surface area contributed by atoms with Crippen LogP contribution in [-0.4, -0.2) is 57.0 Å². The first-order valence-electron chi connectivity index (χ1n) is 11.0. The van der Waals surface area contributed by atoms with Gasteiger partial charge in [-0.3, -0.25) is 4.90 Å². The summed E-state index contributed by atoms with van der Waals surface area (Å²) in [5.41, 5.74) is -0.600. The lowest BCUT2D eigenvalue weighted by molar-refractivity contribution is -0.0697. The number of para-hydroxylation sites is 1. The largest absolute Gasteiger partial charge is 0.381 e. The lowest BCUT2D eigenvalue weighted by Crippen LogP contribution is -2.55. The highest BCUT2D eigenvalue weighted by Gasteiger charge is 2.43. The second kappa shape index (κ2) is 9.75. The van der Waals surface area contributed by atoms with Gasteiger partial charge in [-0.1, -0.05) is 29.8 Å². The van der Waals surface area contributed by atoms with Crippen molar-refractivity contribution >= 4 is 17.3 Å². The second-order valence-electron chi connectivity index (χ2n) is 8.65. The predicted octanol–water partition coefficient (Wildman–Crippen LogP) is 4.09. The van der Waals surface area contributed by atoms with E-state index < -0.39 is 23.3 Å². The molecular formula is C24H28ClF2N5O. The van der Waals surface area contributed by atoms with Crippen LogP contribution < -0.4 is 4.90 Å². The van der Waals surface area contributed by atoms with Crippen molar-refractivity contribution in [1.29, 1.82) is 0 Å². The molecule has 2 aromatic carbocycles. The molecule has 2 heterocycles. The van der Waals surface area contributed by atoms with Crippen LogP contribution in [0.4, 0.5) is 14.5 Å². The van der Waals surface area contributed by atoms with E-state index in [1.54, 1.807) is 0 Å². The monoisotopic (exact) mass is 475 g/mol. The molecule has 0 amide bonds. The summed E-state index contributed by atoms with van der Waals surface area (Å²) >= 11 is 6.37. The number of piperidine rings is 1. The first-order valence-corrected chi connectivity index (χ1v) is 11.4. The SMILES string of the molecule is C[C@@H](N(C)C1CCN(c2ccccc2Cl)CC1)[C@](O)(Cn1cncn1)c1ccc(F)cc1F. The lowest BCUT2D eigenvalue weighted by atomic mass is 9.84. The fourth-order valence-electron chi connectivity index (χ4n) is 4.72. The van der Waals surface area contributed by atoms with Crippen LogP contribution in [0.15, 0.2) is 55.1 Å². The molecule has 0 radical (unpaired) electrons. The third kappa shape index (κ3) is 4.88. The van der Waals surface area contributed by atoms with Gasteiger partial charge in [0, 0.05) is 36.8 Å². The van der Waals surface area contributed by atoms with Crippen LogP contribution in [0.2, 0.25) is 5.02 Å². The zero-order chi connectivity index (χ0) is 23.6. The molecule has 9 heteroatoms. The minimum atomic E-state index is -1.65. The Bertz CT molecular complexity index is 1070. The van der Waals surface area contributed by atoms with E-state index in [2.05, 4.69) is 19.9 Å². The molecular weight excluding hydrogens is 448 g/mol. The quantitative estimate of drug-likeness (QED) is 0.558. The van der Waals surface area contributed by atoms with E-state index in [9.17, 15) is 13.9 Å². The Morgan fingerprint density at radius 2 is 1.94 bits per heavy atom. The first-order chi connectivity index (χ1) is 15.8. The van der Waals surface area contributed by atoms with Crippen molar-refractivity contribution in [2.45, 2.75) is 44.0 Å². The predicted molar refractivity (Wildman–Crippen MR) is 124 cm³/mol. The van der Waals surface area contributed by atoms with Crippen molar-refractivity contribution in [2.24, 2.45) is 0 Å². The maximum atomic E-state index is 14.8. The summed E-state index contributed by atoms with van der Waals surface area (Å²) in [7, 11) is 1.94. The van der Waals surface area contributed by atoms with Crippen molar-refractivity contribution < 1.29 is 13.9 Å². The summed E-state index contributed by atoms with van der Waals surface area (Å²) in [6.07, 6.45) is 4.55. The van der Waals surface area contributed by atoms with Gasteiger partial charge < -0.3 is 10.0 Å². The van der Waals surface area contributed by atoms with Gasteiger partial charge in [-0.15, -0.1) is 0 Å².